The van der Waals surface area contributed by atoms with Gasteiger partial charge in [0.2, 0.25) is 0 Å². The van der Waals surface area contributed by atoms with Crippen LogP contribution in [-0.4, -0.2) is 35.6 Å². The maximum absolute atomic E-state index is 12.6. The number of ether oxygens (including phenoxy) is 2. The first-order chi connectivity index (χ1) is 19.5. The first-order valence-corrected chi connectivity index (χ1v) is 13.7. The Labute approximate surface area is 236 Å². The first kappa shape index (κ1) is 27.7. The molecule has 0 saturated carbocycles. The van der Waals surface area contributed by atoms with Crippen molar-refractivity contribution in [2.75, 3.05) is 18.9 Å². The minimum atomic E-state index is -0.555. The number of hydrogen-bond acceptors (Lipinski definition) is 5. The van der Waals surface area contributed by atoms with E-state index in [2.05, 4.69) is 48.5 Å². The molecule has 0 radical (unpaired) electrons. The number of anilines is 1. The third-order valence-corrected chi connectivity index (χ3v) is 7.53. The van der Waals surface area contributed by atoms with Gasteiger partial charge in [-0.3, -0.25) is 9.69 Å². The lowest BCUT2D eigenvalue weighted by molar-refractivity contribution is -0.253. The molecule has 1 aliphatic heterocycles. The number of benzene rings is 4. The van der Waals surface area contributed by atoms with Crippen LogP contribution in [0.1, 0.15) is 64.4 Å². The zero-order valence-electron chi connectivity index (χ0n) is 22.9. The van der Waals surface area contributed by atoms with Gasteiger partial charge in [0.25, 0.3) is 5.91 Å². The van der Waals surface area contributed by atoms with Crippen molar-refractivity contribution < 1.29 is 19.4 Å². The highest BCUT2D eigenvalue weighted by Gasteiger charge is 2.33. The summed E-state index contributed by atoms with van der Waals surface area (Å²) in [6, 6.07) is 35.4. The van der Waals surface area contributed by atoms with Crippen LogP contribution in [0.25, 0.3) is 0 Å². The normalized spacial score (nSPS) is 19.8. The average molecular weight is 537 g/mol. The Hall–Kier alpha value is -3.81. The lowest BCUT2D eigenvalue weighted by Gasteiger charge is -2.39. The molecule has 0 aromatic heterocycles. The van der Waals surface area contributed by atoms with Gasteiger partial charge in [0.15, 0.2) is 6.29 Å². The molecule has 4 aromatic carbocycles. The molecule has 40 heavy (non-hydrogen) atoms. The third kappa shape index (κ3) is 6.84. The standard InChI is InChI=1S/C34H36N2O4/c1-24(26-9-5-3-6-10-26)36(2)22-31-21-32(27-15-13-25(23-37)14-16-27)40-34(39-31)29-17-19-30(20-18-29)35-33(38)28-11-7-4-8-12-28/h3-20,24,31-32,34,37H,21-23H2,1-2H3,(H,35,38). The molecular weight excluding hydrogens is 500 g/mol. The van der Waals surface area contributed by atoms with Gasteiger partial charge in [0.05, 0.1) is 18.8 Å². The van der Waals surface area contributed by atoms with Crippen molar-refractivity contribution in [3.63, 3.8) is 0 Å². The molecule has 2 N–H and O–H groups in total. The quantitative estimate of drug-likeness (QED) is 0.250. The fourth-order valence-corrected chi connectivity index (χ4v) is 5.01. The Morgan fingerprint density at radius 3 is 2.15 bits per heavy atom. The Kier molecular flexibility index (Phi) is 9.04. The number of rotatable bonds is 9. The van der Waals surface area contributed by atoms with E-state index in [0.717, 1.165) is 23.2 Å². The van der Waals surface area contributed by atoms with Crippen LogP contribution in [0.3, 0.4) is 0 Å². The molecular formula is C34H36N2O4. The smallest absolute Gasteiger partial charge is 0.255 e. The Bertz CT molecular complexity index is 1360. The van der Waals surface area contributed by atoms with E-state index in [1.165, 1.54) is 5.56 Å². The summed E-state index contributed by atoms with van der Waals surface area (Å²) in [5.74, 6) is -0.152. The molecule has 4 unspecified atom stereocenters. The largest absolute Gasteiger partial charge is 0.392 e. The molecule has 0 bridgehead atoms. The van der Waals surface area contributed by atoms with E-state index >= 15 is 0 Å². The van der Waals surface area contributed by atoms with Crippen molar-refractivity contribution in [3.05, 3.63) is 137 Å². The monoisotopic (exact) mass is 536 g/mol. The van der Waals surface area contributed by atoms with E-state index in [0.29, 0.717) is 17.7 Å². The number of nitrogens with one attached hydrogen (secondary N) is 1. The van der Waals surface area contributed by atoms with Crippen LogP contribution < -0.4 is 5.32 Å². The molecule has 1 aliphatic rings. The zero-order chi connectivity index (χ0) is 27.9. The highest BCUT2D eigenvalue weighted by molar-refractivity contribution is 6.04. The van der Waals surface area contributed by atoms with E-state index in [1.54, 1.807) is 12.1 Å². The summed E-state index contributed by atoms with van der Waals surface area (Å²) in [7, 11) is 2.13. The van der Waals surface area contributed by atoms with Gasteiger partial charge in [-0.1, -0.05) is 84.9 Å². The molecule has 1 amide bonds. The topological polar surface area (TPSA) is 71.0 Å². The predicted molar refractivity (Wildman–Crippen MR) is 157 cm³/mol. The fourth-order valence-electron chi connectivity index (χ4n) is 5.01. The van der Waals surface area contributed by atoms with Crippen molar-refractivity contribution >= 4 is 11.6 Å². The van der Waals surface area contributed by atoms with Crippen LogP contribution in [0.15, 0.2) is 109 Å². The van der Waals surface area contributed by atoms with Crippen molar-refractivity contribution in [2.24, 2.45) is 0 Å². The second-order valence-electron chi connectivity index (χ2n) is 10.3. The lowest BCUT2D eigenvalue weighted by Crippen LogP contribution is -2.38. The predicted octanol–water partition coefficient (Wildman–Crippen LogP) is 6.67. The summed E-state index contributed by atoms with van der Waals surface area (Å²) in [5.41, 5.74) is 5.39. The Morgan fingerprint density at radius 1 is 0.875 bits per heavy atom. The maximum atomic E-state index is 12.6. The summed E-state index contributed by atoms with van der Waals surface area (Å²) in [4.78, 5) is 14.9. The summed E-state index contributed by atoms with van der Waals surface area (Å²) >= 11 is 0. The van der Waals surface area contributed by atoms with Gasteiger partial charge in [-0.25, -0.2) is 0 Å². The van der Waals surface area contributed by atoms with Crippen LogP contribution >= 0.6 is 0 Å². The summed E-state index contributed by atoms with van der Waals surface area (Å²) < 4.78 is 13.0. The third-order valence-electron chi connectivity index (χ3n) is 7.53. The molecule has 4 aromatic rings. The summed E-state index contributed by atoms with van der Waals surface area (Å²) in [6.07, 6.45) is -0.0590. The van der Waals surface area contributed by atoms with E-state index in [1.807, 2.05) is 72.8 Å². The van der Waals surface area contributed by atoms with Crippen molar-refractivity contribution in [1.29, 1.82) is 0 Å². The minimum Gasteiger partial charge on any atom is -0.392 e. The zero-order valence-corrected chi connectivity index (χ0v) is 22.9. The number of likely N-dealkylation sites (N-methyl/N-ethyl adjacent to an activating group) is 1. The number of nitrogens with zero attached hydrogens (tertiary/aromatic N) is 1. The molecule has 6 nitrogen and oxygen atoms in total. The minimum absolute atomic E-state index is 0.00942. The van der Waals surface area contributed by atoms with Crippen LogP contribution in [0.4, 0.5) is 5.69 Å². The summed E-state index contributed by atoms with van der Waals surface area (Å²) in [6.45, 7) is 2.96. The molecule has 5 rings (SSSR count). The SMILES string of the molecule is CC(c1ccccc1)N(C)CC1CC(c2ccc(CO)cc2)OC(c2ccc(NC(=O)c3ccccc3)cc2)O1. The number of carbonyl (C=O) groups is 1. The first-order valence-electron chi connectivity index (χ1n) is 13.7. The lowest BCUT2D eigenvalue weighted by atomic mass is 9.99. The van der Waals surface area contributed by atoms with Gasteiger partial charge < -0.3 is 19.9 Å². The van der Waals surface area contributed by atoms with E-state index in [9.17, 15) is 9.90 Å². The second-order valence-corrected chi connectivity index (χ2v) is 10.3. The van der Waals surface area contributed by atoms with Gasteiger partial charge >= 0.3 is 0 Å². The van der Waals surface area contributed by atoms with Crippen molar-refractivity contribution in [3.8, 4) is 0 Å². The molecule has 0 aliphatic carbocycles. The van der Waals surface area contributed by atoms with Gasteiger partial charge in [-0.2, -0.15) is 0 Å². The molecule has 4 atom stereocenters. The van der Waals surface area contributed by atoms with E-state index < -0.39 is 6.29 Å². The molecule has 1 saturated heterocycles. The molecule has 0 spiro atoms. The number of amides is 1. The van der Waals surface area contributed by atoms with Crippen LogP contribution in [0.2, 0.25) is 0 Å². The maximum Gasteiger partial charge on any atom is 0.255 e. The highest BCUT2D eigenvalue weighted by Crippen LogP contribution is 2.39. The molecule has 206 valence electrons. The van der Waals surface area contributed by atoms with Gasteiger partial charge in [-0.05, 0) is 54.9 Å². The van der Waals surface area contributed by atoms with E-state index in [-0.39, 0.29) is 30.8 Å². The highest BCUT2D eigenvalue weighted by atomic mass is 16.7. The van der Waals surface area contributed by atoms with Crippen molar-refractivity contribution in [1.82, 2.24) is 4.90 Å². The summed E-state index contributed by atoms with van der Waals surface area (Å²) in [5, 5.41) is 12.4. The average Bonchev–Trinajstić information content (AvgIpc) is 3.01. The van der Waals surface area contributed by atoms with Gasteiger partial charge in [0, 0.05) is 35.8 Å². The second kappa shape index (κ2) is 13.0. The molecule has 6 heteroatoms. The van der Waals surface area contributed by atoms with Gasteiger partial charge in [0.1, 0.15) is 0 Å². The Morgan fingerprint density at radius 2 is 1.50 bits per heavy atom. The Balaban J connectivity index is 1.32. The fraction of sp³-hybridized carbons (Fsp3) is 0.265. The number of carbonyl (C=O) groups excluding carboxylic acids is 1. The van der Waals surface area contributed by atoms with Crippen molar-refractivity contribution in [2.45, 2.75) is 44.5 Å². The molecule has 1 heterocycles. The number of hydrogen-bond donors (Lipinski definition) is 2. The molecule has 1 fully saturated rings. The van der Waals surface area contributed by atoms with Crippen LogP contribution in [0, 0.1) is 0 Å². The van der Waals surface area contributed by atoms with E-state index in [4.69, 9.17) is 9.47 Å². The van der Waals surface area contributed by atoms with Gasteiger partial charge in [-0.15, -0.1) is 0 Å². The number of aliphatic hydroxyl groups excluding tert-OH is 1. The number of aliphatic hydroxyl groups is 1. The van der Waals surface area contributed by atoms with Crippen LogP contribution in [0.5, 0.6) is 0 Å². The van der Waals surface area contributed by atoms with Crippen LogP contribution in [-0.2, 0) is 16.1 Å².